The number of thioether (sulfide) groups is 1. The van der Waals surface area contributed by atoms with E-state index in [1.165, 1.54) is 19.4 Å². The van der Waals surface area contributed by atoms with E-state index in [4.69, 9.17) is 9.72 Å². The molecule has 2 aliphatic heterocycles. The number of fused-ring (bicyclic) bond motifs is 1. The molecule has 0 bridgehead atoms. The monoisotopic (exact) mass is 388 g/mol. The lowest BCUT2D eigenvalue weighted by Gasteiger charge is -2.30. The lowest BCUT2D eigenvalue weighted by atomic mass is 10.1. The zero-order chi connectivity index (χ0) is 18.6. The summed E-state index contributed by atoms with van der Waals surface area (Å²) in [4.78, 5) is 22.5. The van der Waals surface area contributed by atoms with Gasteiger partial charge in [-0.15, -0.1) is 0 Å². The van der Waals surface area contributed by atoms with Crippen molar-refractivity contribution < 1.29 is 4.74 Å². The Hall–Kier alpha value is -1.57. The predicted octanol–water partition coefficient (Wildman–Crippen LogP) is 2.84. The maximum atomic E-state index is 12.4. The highest BCUT2D eigenvalue weighted by Crippen LogP contribution is 2.25. The van der Waals surface area contributed by atoms with Crippen LogP contribution in [0.25, 0.3) is 10.9 Å². The summed E-state index contributed by atoms with van der Waals surface area (Å²) < 4.78 is 5.41. The van der Waals surface area contributed by atoms with Gasteiger partial charge in [0.25, 0.3) is 5.56 Å². The van der Waals surface area contributed by atoms with Gasteiger partial charge in [0, 0.05) is 36.7 Å². The lowest BCUT2D eigenvalue weighted by Crippen LogP contribution is -2.39. The van der Waals surface area contributed by atoms with E-state index < -0.39 is 0 Å². The molecule has 27 heavy (non-hydrogen) atoms. The second-order valence-electron chi connectivity index (χ2n) is 7.61. The first-order valence-corrected chi connectivity index (χ1v) is 10.9. The van der Waals surface area contributed by atoms with Crippen LogP contribution in [0.3, 0.4) is 0 Å². The van der Waals surface area contributed by atoms with Gasteiger partial charge in [-0.2, -0.15) is 11.8 Å². The maximum Gasteiger partial charge on any atom is 0.258 e. The number of H-pyrrole nitrogens is 1. The van der Waals surface area contributed by atoms with E-state index in [1.807, 2.05) is 30.0 Å². The largest absolute Gasteiger partial charge is 0.381 e. The summed E-state index contributed by atoms with van der Waals surface area (Å²) in [5.74, 6) is 1.50. The van der Waals surface area contributed by atoms with E-state index in [0.29, 0.717) is 16.7 Å². The molecule has 1 aromatic heterocycles. The summed E-state index contributed by atoms with van der Waals surface area (Å²) in [6, 6.07) is 6.34. The molecule has 146 valence electrons. The number of ether oxygens (including phenoxy) is 1. The predicted molar refractivity (Wildman–Crippen MR) is 112 cm³/mol. The van der Waals surface area contributed by atoms with Crippen molar-refractivity contribution in [1.29, 1.82) is 0 Å². The van der Waals surface area contributed by atoms with Crippen molar-refractivity contribution in [2.75, 3.05) is 38.7 Å². The van der Waals surface area contributed by atoms with Crippen LogP contribution in [-0.4, -0.2) is 59.5 Å². The van der Waals surface area contributed by atoms with Crippen LogP contribution in [0.1, 0.15) is 31.5 Å². The molecule has 2 saturated heterocycles. The van der Waals surface area contributed by atoms with Gasteiger partial charge >= 0.3 is 0 Å². The number of hydrogen-bond donors (Lipinski definition) is 2. The number of hydrogen-bond acceptors (Lipinski definition) is 6. The van der Waals surface area contributed by atoms with Crippen LogP contribution in [0.15, 0.2) is 23.0 Å². The van der Waals surface area contributed by atoms with Crippen LogP contribution in [0.2, 0.25) is 0 Å². The Morgan fingerprint density at radius 2 is 2.19 bits per heavy atom. The molecule has 6 nitrogen and oxygen atoms in total. The van der Waals surface area contributed by atoms with Crippen LogP contribution in [0.5, 0.6) is 0 Å². The second kappa shape index (κ2) is 8.63. The van der Waals surface area contributed by atoms with Gasteiger partial charge in [0.1, 0.15) is 5.82 Å². The normalized spacial score (nSPS) is 22.2. The molecule has 0 saturated carbocycles. The summed E-state index contributed by atoms with van der Waals surface area (Å²) >= 11 is 1.87. The molecule has 1 unspecified atom stereocenters. The number of aromatic amines is 1. The zero-order valence-corrected chi connectivity index (χ0v) is 16.7. The Morgan fingerprint density at radius 3 is 3.00 bits per heavy atom. The molecular weight excluding hydrogens is 360 g/mol. The van der Waals surface area contributed by atoms with Gasteiger partial charge in [0.15, 0.2) is 0 Å². The van der Waals surface area contributed by atoms with Gasteiger partial charge in [-0.1, -0.05) is 0 Å². The first-order valence-electron chi connectivity index (χ1n) is 9.85. The van der Waals surface area contributed by atoms with Gasteiger partial charge in [-0.05, 0) is 57.5 Å². The average molecular weight is 389 g/mol. The third-order valence-electron chi connectivity index (χ3n) is 5.37. The number of likely N-dealkylation sites (tertiary alicyclic amines) is 1. The number of nitrogens with zero attached hydrogens (tertiary/aromatic N) is 2. The van der Waals surface area contributed by atoms with E-state index in [9.17, 15) is 4.79 Å². The molecule has 2 aromatic rings. The van der Waals surface area contributed by atoms with Gasteiger partial charge in [-0.25, -0.2) is 4.98 Å². The molecule has 0 amide bonds. The van der Waals surface area contributed by atoms with Crippen molar-refractivity contribution in [3.8, 4) is 0 Å². The molecule has 7 heteroatoms. The number of piperidine rings is 1. The Bertz CT molecular complexity index is 834. The zero-order valence-electron chi connectivity index (χ0n) is 15.9. The first-order chi connectivity index (χ1) is 13.2. The van der Waals surface area contributed by atoms with Gasteiger partial charge in [0.2, 0.25) is 0 Å². The minimum absolute atomic E-state index is 0.0495. The van der Waals surface area contributed by atoms with Crippen LogP contribution < -0.4 is 10.9 Å². The first kappa shape index (κ1) is 18.8. The number of rotatable bonds is 5. The maximum absolute atomic E-state index is 12.4. The lowest BCUT2D eigenvalue weighted by molar-refractivity contribution is 0.1000. The molecule has 4 rings (SSSR count). The molecule has 1 atom stereocenters. The summed E-state index contributed by atoms with van der Waals surface area (Å²) in [6.45, 7) is 3.89. The minimum Gasteiger partial charge on any atom is -0.381 e. The summed E-state index contributed by atoms with van der Waals surface area (Å²) in [7, 11) is 2.16. The molecule has 0 spiro atoms. The van der Waals surface area contributed by atoms with Crippen molar-refractivity contribution >= 4 is 28.4 Å². The smallest absolute Gasteiger partial charge is 0.258 e. The average Bonchev–Trinajstić information content (AvgIpc) is 2.67. The van der Waals surface area contributed by atoms with E-state index in [2.05, 4.69) is 22.2 Å². The van der Waals surface area contributed by atoms with Crippen LogP contribution >= 0.6 is 11.8 Å². The van der Waals surface area contributed by atoms with E-state index in [1.54, 1.807) is 0 Å². The van der Waals surface area contributed by atoms with Crippen LogP contribution in [0.4, 0.5) is 5.69 Å². The summed E-state index contributed by atoms with van der Waals surface area (Å²) in [5, 5.41) is 4.86. The topological polar surface area (TPSA) is 70.2 Å². The molecule has 0 radical (unpaired) electrons. The molecule has 2 fully saturated rings. The van der Waals surface area contributed by atoms with E-state index in [0.717, 1.165) is 55.4 Å². The fourth-order valence-corrected chi connectivity index (χ4v) is 4.96. The Labute approximate surface area is 164 Å². The van der Waals surface area contributed by atoms with Crippen molar-refractivity contribution in [2.45, 2.75) is 42.7 Å². The standard InChI is InChI=1S/C20H28N4O2S/c1-24-8-2-3-15(12-24)21-14-4-5-17-18(11-14)22-19(23-20(17)25)13-27-16-6-9-26-10-7-16/h4-5,11,15-16,21H,2-3,6-10,12-13H2,1H3,(H,22,23,25). The number of anilines is 1. The SMILES string of the molecule is CN1CCCC(Nc2ccc3c(=O)[nH]c(CSC4CCOCC4)nc3c2)C1. The second-order valence-corrected chi connectivity index (χ2v) is 8.90. The fraction of sp³-hybridized carbons (Fsp3) is 0.600. The summed E-state index contributed by atoms with van der Waals surface area (Å²) in [5.41, 5.74) is 1.77. The van der Waals surface area contributed by atoms with Crippen molar-refractivity contribution in [1.82, 2.24) is 14.9 Å². The molecule has 2 N–H and O–H groups in total. The third kappa shape index (κ3) is 4.83. The van der Waals surface area contributed by atoms with Gasteiger partial charge in [0.05, 0.1) is 16.7 Å². The Kier molecular flexibility index (Phi) is 6.00. The number of benzene rings is 1. The van der Waals surface area contributed by atoms with Crippen molar-refractivity contribution in [2.24, 2.45) is 0 Å². The molecule has 1 aromatic carbocycles. The molecular formula is C20H28N4O2S. The van der Waals surface area contributed by atoms with Crippen molar-refractivity contribution in [3.05, 3.63) is 34.4 Å². The molecule has 3 heterocycles. The van der Waals surface area contributed by atoms with Crippen molar-refractivity contribution in [3.63, 3.8) is 0 Å². The Balaban J connectivity index is 1.48. The van der Waals surface area contributed by atoms with Gasteiger partial charge < -0.3 is 19.9 Å². The Morgan fingerprint density at radius 1 is 1.33 bits per heavy atom. The minimum atomic E-state index is -0.0495. The highest BCUT2D eigenvalue weighted by molar-refractivity contribution is 7.99. The van der Waals surface area contributed by atoms with E-state index >= 15 is 0 Å². The van der Waals surface area contributed by atoms with Crippen LogP contribution in [-0.2, 0) is 10.5 Å². The number of aromatic nitrogens is 2. The quantitative estimate of drug-likeness (QED) is 0.821. The van der Waals surface area contributed by atoms with Crippen LogP contribution in [0, 0.1) is 0 Å². The molecule has 2 aliphatic rings. The molecule has 0 aliphatic carbocycles. The number of likely N-dealkylation sites (N-methyl/N-ethyl adjacent to an activating group) is 1. The third-order valence-corrected chi connectivity index (χ3v) is 6.76. The van der Waals surface area contributed by atoms with E-state index in [-0.39, 0.29) is 5.56 Å². The fourth-order valence-electron chi connectivity index (χ4n) is 3.91. The highest BCUT2D eigenvalue weighted by atomic mass is 32.2. The highest BCUT2D eigenvalue weighted by Gasteiger charge is 2.18. The summed E-state index contributed by atoms with van der Waals surface area (Å²) in [6.07, 6.45) is 4.55. The van der Waals surface area contributed by atoms with Gasteiger partial charge in [-0.3, -0.25) is 4.79 Å². The number of nitrogens with one attached hydrogen (secondary N) is 2.